The van der Waals surface area contributed by atoms with Gasteiger partial charge in [-0.3, -0.25) is 0 Å². The van der Waals surface area contributed by atoms with Crippen LogP contribution in [0.4, 0.5) is 5.95 Å². The molecule has 0 spiro atoms. The molecule has 106 valence electrons. The molecule has 0 bridgehead atoms. The maximum Gasteiger partial charge on any atom is 0.251 e. The molecule has 0 unspecified atom stereocenters. The molecule has 0 fully saturated rings. The Morgan fingerprint density at radius 2 is 1.57 bits per heavy atom. The predicted molar refractivity (Wildman–Crippen MR) is 85.2 cm³/mol. The molecule has 1 aromatic carbocycles. The van der Waals surface area contributed by atoms with Crippen molar-refractivity contribution in [1.82, 2.24) is 9.97 Å². The van der Waals surface area contributed by atoms with Crippen molar-refractivity contribution in [3.8, 4) is 11.8 Å². The molecule has 0 saturated heterocycles. The number of nitrogens with zero attached hydrogens (tertiary/aromatic N) is 3. The van der Waals surface area contributed by atoms with E-state index in [0.717, 1.165) is 11.1 Å². The lowest BCUT2D eigenvalue weighted by atomic mass is 9.95. The van der Waals surface area contributed by atoms with Gasteiger partial charge in [-0.15, -0.1) is 0 Å². The van der Waals surface area contributed by atoms with Crippen molar-refractivity contribution in [2.75, 3.05) is 0 Å². The Balaban J connectivity index is 2.15. The van der Waals surface area contributed by atoms with Crippen LogP contribution in [0.25, 0.3) is 0 Å². The van der Waals surface area contributed by atoms with E-state index in [1.54, 1.807) is 12.4 Å². The average Bonchev–Trinajstić information content (AvgIpc) is 2.46. The van der Waals surface area contributed by atoms with E-state index in [4.69, 9.17) is 5.73 Å². The third-order valence-electron chi connectivity index (χ3n) is 2.75. The number of benzene rings is 1. The van der Waals surface area contributed by atoms with Crippen molar-refractivity contribution in [2.45, 2.75) is 20.8 Å². The Labute approximate surface area is 125 Å². The van der Waals surface area contributed by atoms with Gasteiger partial charge in [0.15, 0.2) is 0 Å². The maximum atomic E-state index is 5.90. The van der Waals surface area contributed by atoms with Crippen molar-refractivity contribution in [1.29, 1.82) is 0 Å². The number of nitrogens with two attached hydrogens (primary N) is 1. The molecule has 0 atom stereocenters. The van der Waals surface area contributed by atoms with Gasteiger partial charge in [0.05, 0.1) is 5.56 Å². The molecular weight excluding hydrogens is 260 g/mol. The molecular formula is C17H18N4. The summed E-state index contributed by atoms with van der Waals surface area (Å²) in [6.07, 6.45) is 3.30. The lowest BCUT2D eigenvalue weighted by molar-refractivity contribution is 0.584. The van der Waals surface area contributed by atoms with Gasteiger partial charge in [-0.05, 0) is 12.1 Å². The maximum absolute atomic E-state index is 5.90. The summed E-state index contributed by atoms with van der Waals surface area (Å²) in [6.45, 7) is 5.97. The molecule has 0 saturated carbocycles. The van der Waals surface area contributed by atoms with Gasteiger partial charge in [-0.1, -0.05) is 50.8 Å². The smallest absolute Gasteiger partial charge is 0.251 e. The molecule has 0 aliphatic rings. The second kappa shape index (κ2) is 6.19. The first-order valence-corrected chi connectivity index (χ1v) is 6.69. The van der Waals surface area contributed by atoms with E-state index in [2.05, 4.69) is 26.8 Å². The van der Waals surface area contributed by atoms with Crippen LogP contribution < -0.4 is 5.73 Å². The molecule has 4 nitrogen and oxygen atoms in total. The average molecular weight is 278 g/mol. The zero-order valence-electron chi connectivity index (χ0n) is 12.5. The Kier molecular flexibility index (Phi) is 4.34. The fourth-order valence-corrected chi connectivity index (χ4v) is 1.38. The Hall–Kier alpha value is -2.67. The molecule has 4 heteroatoms. The minimum absolute atomic E-state index is 0.199. The largest absolute Gasteiger partial charge is 0.387 e. The number of hydrogen-bond acceptors (Lipinski definition) is 3. The summed E-state index contributed by atoms with van der Waals surface area (Å²) >= 11 is 0. The summed E-state index contributed by atoms with van der Waals surface area (Å²) in [5, 5.41) is 0. The fourth-order valence-electron chi connectivity index (χ4n) is 1.38. The molecule has 21 heavy (non-hydrogen) atoms. The first-order chi connectivity index (χ1) is 9.95. The van der Waals surface area contributed by atoms with E-state index in [-0.39, 0.29) is 5.41 Å². The molecule has 1 aromatic heterocycles. The van der Waals surface area contributed by atoms with Gasteiger partial charge in [0.1, 0.15) is 5.84 Å². The Bertz CT molecular complexity index is 684. The van der Waals surface area contributed by atoms with Crippen LogP contribution in [0.15, 0.2) is 47.7 Å². The lowest BCUT2D eigenvalue weighted by Gasteiger charge is -2.16. The molecule has 2 aromatic rings. The van der Waals surface area contributed by atoms with E-state index in [0.29, 0.717) is 11.8 Å². The van der Waals surface area contributed by atoms with Gasteiger partial charge >= 0.3 is 0 Å². The summed E-state index contributed by atoms with van der Waals surface area (Å²) in [7, 11) is 0. The van der Waals surface area contributed by atoms with Gasteiger partial charge in [-0.2, -0.15) is 4.99 Å². The van der Waals surface area contributed by atoms with Gasteiger partial charge in [0.2, 0.25) is 0 Å². The van der Waals surface area contributed by atoms with Crippen molar-refractivity contribution >= 4 is 11.8 Å². The molecule has 1 heterocycles. The van der Waals surface area contributed by atoms with Crippen LogP contribution in [-0.2, 0) is 0 Å². The Morgan fingerprint density at radius 1 is 1.00 bits per heavy atom. The standard InChI is InChI=1S/C17H18N4/c1-17(2,3)15(18)21-16-19-11-14(12-20-16)10-9-13-7-5-4-6-8-13/h4-8,11-12H,1-3H3,(H2,18,19,20,21). The summed E-state index contributed by atoms with van der Waals surface area (Å²) in [5.74, 6) is 6.93. The molecule has 0 amide bonds. The predicted octanol–water partition coefficient (Wildman–Crippen LogP) is 2.91. The zero-order valence-corrected chi connectivity index (χ0v) is 12.5. The normalized spacial score (nSPS) is 11.7. The third-order valence-corrected chi connectivity index (χ3v) is 2.75. The van der Waals surface area contributed by atoms with Crippen LogP contribution in [0.3, 0.4) is 0 Å². The highest BCUT2D eigenvalue weighted by Gasteiger charge is 2.15. The van der Waals surface area contributed by atoms with Crippen LogP contribution in [0.1, 0.15) is 31.9 Å². The molecule has 0 aliphatic heterocycles. The third kappa shape index (κ3) is 4.43. The van der Waals surface area contributed by atoms with E-state index in [9.17, 15) is 0 Å². The first-order valence-electron chi connectivity index (χ1n) is 6.69. The topological polar surface area (TPSA) is 64.2 Å². The second-order valence-electron chi connectivity index (χ2n) is 5.63. The second-order valence-corrected chi connectivity index (χ2v) is 5.63. The van der Waals surface area contributed by atoms with Crippen LogP contribution in [0, 0.1) is 17.3 Å². The number of rotatable bonds is 1. The quantitative estimate of drug-likeness (QED) is 0.495. The molecule has 0 aliphatic carbocycles. The van der Waals surface area contributed by atoms with E-state index in [1.807, 2.05) is 51.1 Å². The van der Waals surface area contributed by atoms with Gasteiger partial charge < -0.3 is 5.73 Å². The van der Waals surface area contributed by atoms with Gasteiger partial charge in [0.25, 0.3) is 5.95 Å². The molecule has 2 N–H and O–H groups in total. The summed E-state index contributed by atoms with van der Waals surface area (Å²) in [6, 6.07) is 9.77. The number of aliphatic imine (C=N–C) groups is 1. The number of amidine groups is 1. The SMILES string of the molecule is CC(C)(C)/C(N)=N/c1ncc(C#Cc2ccccc2)cn1. The van der Waals surface area contributed by atoms with Crippen molar-refractivity contribution in [2.24, 2.45) is 16.1 Å². The zero-order chi connectivity index (χ0) is 15.3. The fraction of sp³-hybridized carbons (Fsp3) is 0.235. The van der Waals surface area contributed by atoms with Crippen molar-refractivity contribution in [3.05, 3.63) is 53.9 Å². The number of hydrogen-bond donors (Lipinski definition) is 1. The monoisotopic (exact) mass is 278 g/mol. The van der Waals surface area contributed by atoms with Crippen LogP contribution >= 0.6 is 0 Å². The van der Waals surface area contributed by atoms with Crippen LogP contribution in [0.5, 0.6) is 0 Å². The van der Waals surface area contributed by atoms with Crippen molar-refractivity contribution < 1.29 is 0 Å². The van der Waals surface area contributed by atoms with Crippen LogP contribution in [-0.4, -0.2) is 15.8 Å². The highest BCUT2D eigenvalue weighted by atomic mass is 15.1. The lowest BCUT2D eigenvalue weighted by Crippen LogP contribution is -2.28. The first kappa shape index (κ1) is 14.7. The molecule has 2 rings (SSSR count). The number of aromatic nitrogens is 2. The minimum Gasteiger partial charge on any atom is -0.387 e. The van der Waals surface area contributed by atoms with Gasteiger partial charge in [0, 0.05) is 23.4 Å². The Morgan fingerprint density at radius 3 is 2.14 bits per heavy atom. The molecule has 0 radical (unpaired) electrons. The summed E-state index contributed by atoms with van der Waals surface area (Å²) in [5.41, 5.74) is 7.40. The summed E-state index contributed by atoms with van der Waals surface area (Å²) < 4.78 is 0. The van der Waals surface area contributed by atoms with Crippen LogP contribution in [0.2, 0.25) is 0 Å². The van der Waals surface area contributed by atoms with Crippen molar-refractivity contribution in [3.63, 3.8) is 0 Å². The van der Waals surface area contributed by atoms with E-state index < -0.39 is 0 Å². The summed E-state index contributed by atoms with van der Waals surface area (Å²) in [4.78, 5) is 12.5. The highest BCUT2D eigenvalue weighted by Crippen LogP contribution is 2.15. The highest BCUT2D eigenvalue weighted by molar-refractivity contribution is 5.87. The van der Waals surface area contributed by atoms with Gasteiger partial charge in [-0.25, -0.2) is 9.97 Å². The van der Waals surface area contributed by atoms with E-state index >= 15 is 0 Å². The van der Waals surface area contributed by atoms with E-state index in [1.165, 1.54) is 0 Å². The minimum atomic E-state index is -0.199.